The maximum absolute atomic E-state index is 12.0. The van der Waals surface area contributed by atoms with Gasteiger partial charge in [-0.25, -0.2) is 0 Å². The number of likely N-dealkylation sites (N-methyl/N-ethyl adjacent to an activating group) is 1. The standard InChI is InChI=1S/C16H24N2OS/c1-4-18-16(15(17)19,13-6-7-13)10-20-14-8-5-11(2)12(3)9-14/h5,8-9,13,18H,4,6-7,10H2,1-3H3,(H2,17,19). The first-order chi connectivity index (χ1) is 9.49. The normalized spacial score (nSPS) is 17.8. The predicted octanol–water partition coefficient (Wildman–Crippen LogP) is 2.64. The lowest BCUT2D eigenvalue weighted by molar-refractivity contribution is -0.124. The van der Waals surface area contributed by atoms with Crippen molar-refractivity contribution in [3.05, 3.63) is 29.3 Å². The fourth-order valence-corrected chi connectivity index (χ4v) is 3.86. The van der Waals surface area contributed by atoms with Crippen LogP contribution in [-0.2, 0) is 4.79 Å². The molecule has 0 aromatic heterocycles. The monoisotopic (exact) mass is 292 g/mol. The number of rotatable bonds is 7. The summed E-state index contributed by atoms with van der Waals surface area (Å²) in [7, 11) is 0. The molecule has 0 bridgehead atoms. The lowest BCUT2D eigenvalue weighted by Crippen LogP contribution is -2.59. The molecule has 1 aromatic carbocycles. The number of carbonyl (C=O) groups excluding carboxylic acids is 1. The van der Waals surface area contributed by atoms with Gasteiger partial charge >= 0.3 is 0 Å². The summed E-state index contributed by atoms with van der Waals surface area (Å²) in [5.74, 6) is 0.903. The Balaban J connectivity index is 2.11. The van der Waals surface area contributed by atoms with Gasteiger partial charge in [0, 0.05) is 10.6 Å². The van der Waals surface area contributed by atoms with Gasteiger partial charge in [0.2, 0.25) is 5.91 Å². The number of hydrogen-bond donors (Lipinski definition) is 2. The van der Waals surface area contributed by atoms with E-state index in [2.05, 4.69) is 37.4 Å². The molecule has 0 aliphatic heterocycles. The molecule has 3 nitrogen and oxygen atoms in total. The zero-order chi connectivity index (χ0) is 14.8. The van der Waals surface area contributed by atoms with Crippen LogP contribution in [-0.4, -0.2) is 23.7 Å². The second kappa shape index (κ2) is 6.19. The highest BCUT2D eigenvalue weighted by Crippen LogP contribution is 2.42. The summed E-state index contributed by atoms with van der Waals surface area (Å²) < 4.78 is 0. The average molecular weight is 292 g/mol. The molecule has 1 fully saturated rings. The third kappa shape index (κ3) is 3.18. The number of nitrogens with two attached hydrogens (primary N) is 1. The second-order valence-corrected chi connectivity index (χ2v) is 6.72. The number of amides is 1. The molecule has 1 saturated carbocycles. The number of benzene rings is 1. The van der Waals surface area contributed by atoms with Gasteiger partial charge in [-0.15, -0.1) is 11.8 Å². The topological polar surface area (TPSA) is 55.1 Å². The van der Waals surface area contributed by atoms with Crippen LogP contribution in [0.2, 0.25) is 0 Å². The maximum atomic E-state index is 12.0. The largest absolute Gasteiger partial charge is 0.368 e. The Bertz CT molecular complexity index is 499. The summed E-state index contributed by atoms with van der Waals surface area (Å²) in [6, 6.07) is 6.44. The fourth-order valence-electron chi connectivity index (χ4n) is 2.57. The van der Waals surface area contributed by atoms with Crippen molar-refractivity contribution in [1.29, 1.82) is 0 Å². The molecule has 0 spiro atoms. The maximum Gasteiger partial charge on any atom is 0.238 e. The van der Waals surface area contributed by atoms with E-state index in [0.717, 1.165) is 19.4 Å². The number of nitrogens with one attached hydrogen (secondary N) is 1. The first kappa shape index (κ1) is 15.4. The van der Waals surface area contributed by atoms with Crippen LogP contribution in [0.5, 0.6) is 0 Å². The minimum absolute atomic E-state index is 0.210. The van der Waals surface area contributed by atoms with Gasteiger partial charge in [0.15, 0.2) is 0 Å². The van der Waals surface area contributed by atoms with Crippen LogP contribution in [0.1, 0.15) is 30.9 Å². The first-order valence-corrected chi connectivity index (χ1v) is 8.23. The van der Waals surface area contributed by atoms with Crippen LogP contribution in [0, 0.1) is 19.8 Å². The van der Waals surface area contributed by atoms with Gasteiger partial charge in [-0.1, -0.05) is 13.0 Å². The van der Waals surface area contributed by atoms with Crippen LogP contribution < -0.4 is 11.1 Å². The SMILES string of the molecule is CCNC(CSc1ccc(C)c(C)c1)(C(N)=O)C1CC1. The van der Waals surface area contributed by atoms with E-state index in [1.165, 1.54) is 16.0 Å². The summed E-state index contributed by atoms with van der Waals surface area (Å²) in [6.45, 7) is 7.03. The Hall–Kier alpha value is -1.00. The van der Waals surface area contributed by atoms with Crippen molar-refractivity contribution < 1.29 is 4.79 Å². The van der Waals surface area contributed by atoms with Crippen molar-refractivity contribution in [2.75, 3.05) is 12.3 Å². The minimum atomic E-state index is -0.543. The van der Waals surface area contributed by atoms with Crippen LogP contribution in [0.4, 0.5) is 0 Å². The highest BCUT2D eigenvalue weighted by atomic mass is 32.2. The predicted molar refractivity (Wildman–Crippen MR) is 85.0 cm³/mol. The molecular formula is C16H24N2OS. The Kier molecular flexibility index (Phi) is 4.76. The van der Waals surface area contributed by atoms with E-state index in [1.807, 2.05) is 6.92 Å². The van der Waals surface area contributed by atoms with Crippen molar-refractivity contribution in [1.82, 2.24) is 5.32 Å². The fraction of sp³-hybridized carbons (Fsp3) is 0.562. The van der Waals surface area contributed by atoms with Crippen LogP contribution >= 0.6 is 11.8 Å². The number of thioether (sulfide) groups is 1. The summed E-state index contributed by atoms with van der Waals surface area (Å²) in [6.07, 6.45) is 2.20. The molecule has 0 saturated heterocycles. The van der Waals surface area contributed by atoms with E-state index in [-0.39, 0.29) is 5.91 Å². The summed E-state index contributed by atoms with van der Waals surface area (Å²) in [5.41, 5.74) is 7.74. The van der Waals surface area contributed by atoms with Gasteiger partial charge in [0.25, 0.3) is 0 Å². The first-order valence-electron chi connectivity index (χ1n) is 7.24. The highest BCUT2D eigenvalue weighted by Gasteiger charge is 2.49. The zero-order valence-electron chi connectivity index (χ0n) is 12.5. The van der Waals surface area contributed by atoms with Crippen molar-refractivity contribution in [2.45, 2.75) is 44.0 Å². The van der Waals surface area contributed by atoms with E-state index >= 15 is 0 Å². The number of carbonyl (C=O) groups is 1. The molecule has 1 aromatic rings. The van der Waals surface area contributed by atoms with E-state index < -0.39 is 5.54 Å². The summed E-state index contributed by atoms with van der Waals surface area (Å²) in [4.78, 5) is 13.2. The lowest BCUT2D eigenvalue weighted by atomic mass is 9.94. The van der Waals surface area contributed by atoms with Gasteiger partial charge in [-0.2, -0.15) is 0 Å². The molecule has 1 amide bonds. The van der Waals surface area contributed by atoms with E-state index in [1.54, 1.807) is 11.8 Å². The molecule has 1 aliphatic rings. The molecule has 20 heavy (non-hydrogen) atoms. The molecule has 1 unspecified atom stereocenters. The van der Waals surface area contributed by atoms with E-state index in [4.69, 9.17) is 5.73 Å². The Morgan fingerprint density at radius 2 is 2.10 bits per heavy atom. The van der Waals surface area contributed by atoms with Gasteiger partial charge < -0.3 is 11.1 Å². The summed E-state index contributed by atoms with van der Waals surface area (Å²) in [5, 5.41) is 3.36. The van der Waals surface area contributed by atoms with Crippen LogP contribution in [0.3, 0.4) is 0 Å². The molecule has 1 aliphatic carbocycles. The van der Waals surface area contributed by atoms with Crippen LogP contribution in [0.15, 0.2) is 23.1 Å². The third-order valence-corrected chi connectivity index (χ3v) is 5.34. The molecule has 1 atom stereocenters. The Morgan fingerprint density at radius 3 is 2.60 bits per heavy atom. The van der Waals surface area contributed by atoms with Crippen molar-refractivity contribution in [2.24, 2.45) is 11.7 Å². The molecular weight excluding hydrogens is 268 g/mol. The quantitative estimate of drug-likeness (QED) is 0.760. The Labute approximate surface area is 125 Å². The van der Waals surface area contributed by atoms with Crippen molar-refractivity contribution in [3.8, 4) is 0 Å². The number of hydrogen-bond acceptors (Lipinski definition) is 3. The minimum Gasteiger partial charge on any atom is -0.368 e. The molecule has 0 heterocycles. The van der Waals surface area contributed by atoms with E-state index in [0.29, 0.717) is 11.7 Å². The number of primary amides is 1. The highest BCUT2D eigenvalue weighted by molar-refractivity contribution is 7.99. The lowest BCUT2D eigenvalue weighted by Gasteiger charge is -2.31. The van der Waals surface area contributed by atoms with Crippen molar-refractivity contribution >= 4 is 17.7 Å². The summed E-state index contributed by atoms with van der Waals surface area (Å²) >= 11 is 1.72. The van der Waals surface area contributed by atoms with E-state index in [9.17, 15) is 4.79 Å². The zero-order valence-corrected chi connectivity index (χ0v) is 13.3. The smallest absolute Gasteiger partial charge is 0.238 e. The second-order valence-electron chi connectivity index (χ2n) is 5.67. The van der Waals surface area contributed by atoms with Gasteiger partial charge in [0.1, 0.15) is 5.54 Å². The van der Waals surface area contributed by atoms with Crippen LogP contribution in [0.25, 0.3) is 0 Å². The molecule has 2 rings (SSSR count). The van der Waals surface area contributed by atoms with Gasteiger partial charge in [-0.3, -0.25) is 4.79 Å². The third-order valence-electron chi connectivity index (χ3n) is 4.15. The molecule has 3 N–H and O–H groups in total. The molecule has 110 valence electrons. The van der Waals surface area contributed by atoms with Gasteiger partial charge in [0.05, 0.1) is 0 Å². The van der Waals surface area contributed by atoms with Crippen molar-refractivity contribution in [3.63, 3.8) is 0 Å². The average Bonchev–Trinajstić information content (AvgIpc) is 3.23. The molecule has 4 heteroatoms. The number of aryl methyl sites for hydroxylation is 2. The molecule has 0 radical (unpaired) electrons. The van der Waals surface area contributed by atoms with Gasteiger partial charge in [-0.05, 0) is 62.4 Å². The Morgan fingerprint density at radius 1 is 1.40 bits per heavy atom.